The zero-order valence-electron chi connectivity index (χ0n) is 12.0. The number of nitrogens with one attached hydrogen (secondary N) is 1. The van der Waals surface area contributed by atoms with Crippen molar-refractivity contribution in [1.82, 2.24) is 9.59 Å². The van der Waals surface area contributed by atoms with E-state index in [2.05, 4.69) is 21.0 Å². The highest BCUT2D eigenvalue weighted by Gasteiger charge is 2.24. The maximum Gasteiger partial charge on any atom is 0.227 e. The number of para-hydroxylation sites is 1. The summed E-state index contributed by atoms with van der Waals surface area (Å²) in [6.45, 7) is 3.34. The van der Waals surface area contributed by atoms with Gasteiger partial charge in [0.1, 0.15) is 10.7 Å². The average Bonchev–Trinajstić information content (AvgIpc) is 2.86. The number of hydrogen-bond acceptors (Lipinski definition) is 5. The third-order valence-corrected chi connectivity index (χ3v) is 4.35. The van der Waals surface area contributed by atoms with Crippen molar-refractivity contribution in [3.8, 4) is 0 Å². The van der Waals surface area contributed by atoms with Crippen LogP contribution in [0.15, 0.2) is 24.3 Å². The summed E-state index contributed by atoms with van der Waals surface area (Å²) in [5.74, 6) is 0.162. The van der Waals surface area contributed by atoms with E-state index in [0.717, 1.165) is 35.8 Å². The van der Waals surface area contributed by atoms with Gasteiger partial charge in [-0.3, -0.25) is 4.79 Å². The number of anilines is 2. The number of rotatable bonds is 4. The van der Waals surface area contributed by atoms with Crippen LogP contribution in [0.25, 0.3) is 0 Å². The van der Waals surface area contributed by atoms with E-state index in [1.54, 1.807) is 0 Å². The topological polar surface area (TPSA) is 58.1 Å². The van der Waals surface area contributed by atoms with Crippen LogP contribution in [0.5, 0.6) is 0 Å². The molecular weight excluding hydrogens is 284 g/mol. The van der Waals surface area contributed by atoms with Crippen molar-refractivity contribution >= 4 is 28.1 Å². The molecule has 1 N–H and O–H groups in total. The molecule has 0 aliphatic carbocycles. The van der Waals surface area contributed by atoms with Crippen LogP contribution in [0.4, 0.5) is 10.7 Å². The van der Waals surface area contributed by atoms with Crippen molar-refractivity contribution in [2.45, 2.75) is 32.7 Å². The number of carbonyl (C=O) groups is 1. The van der Waals surface area contributed by atoms with Gasteiger partial charge in [0, 0.05) is 30.2 Å². The molecule has 2 heterocycles. The third-order valence-electron chi connectivity index (χ3n) is 3.62. The fourth-order valence-corrected chi connectivity index (χ4v) is 3.26. The van der Waals surface area contributed by atoms with Crippen molar-refractivity contribution in [2.24, 2.45) is 0 Å². The molecule has 0 bridgehead atoms. The van der Waals surface area contributed by atoms with Gasteiger partial charge in [0.15, 0.2) is 0 Å². The Morgan fingerprint density at radius 2 is 2.19 bits per heavy atom. The molecule has 6 heteroatoms. The monoisotopic (exact) mass is 302 g/mol. The molecule has 21 heavy (non-hydrogen) atoms. The summed E-state index contributed by atoms with van der Waals surface area (Å²) in [4.78, 5) is 14.3. The Morgan fingerprint density at radius 1 is 1.33 bits per heavy atom. The summed E-state index contributed by atoms with van der Waals surface area (Å²) in [6.07, 6.45) is 2.44. The first-order chi connectivity index (χ1) is 10.3. The highest BCUT2D eigenvalue weighted by Crippen LogP contribution is 2.29. The molecule has 2 aromatic rings. The molecule has 5 nitrogen and oxygen atoms in total. The van der Waals surface area contributed by atoms with Crippen LogP contribution in [0.2, 0.25) is 0 Å². The van der Waals surface area contributed by atoms with Gasteiger partial charge in [-0.2, -0.15) is 0 Å². The maximum atomic E-state index is 12.4. The zero-order valence-corrected chi connectivity index (χ0v) is 12.8. The molecule has 1 aromatic heterocycles. The van der Waals surface area contributed by atoms with Crippen LogP contribution >= 0.6 is 11.5 Å². The smallest absolute Gasteiger partial charge is 0.227 e. The molecule has 0 unspecified atom stereocenters. The number of amides is 1. The lowest BCUT2D eigenvalue weighted by Gasteiger charge is -2.22. The molecule has 1 amide bonds. The van der Waals surface area contributed by atoms with E-state index in [1.807, 2.05) is 30.0 Å². The quantitative estimate of drug-likeness (QED) is 0.943. The Bertz CT molecular complexity index is 640. The predicted molar refractivity (Wildman–Crippen MR) is 84.6 cm³/mol. The van der Waals surface area contributed by atoms with Gasteiger partial charge >= 0.3 is 0 Å². The van der Waals surface area contributed by atoms with Crippen LogP contribution in [0, 0.1) is 0 Å². The van der Waals surface area contributed by atoms with Crippen molar-refractivity contribution in [3.05, 3.63) is 35.5 Å². The summed E-state index contributed by atoms with van der Waals surface area (Å²) in [5.41, 5.74) is 3.08. The number of benzene rings is 1. The van der Waals surface area contributed by atoms with Gasteiger partial charge in [-0.15, -0.1) is 5.10 Å². The SMILES string of the molecule is CCNc1snnc1CN1C(=O)CCCc2ccccc21. The van der Waals surface area contributed by atoms with Gasteiger partial charge in [0.25, 0.3) is 0 Å². The van der Waals surface area contributed by atoms with Crippen molar-refractivity contribution in [3.63, 3.8) is 0 Å². The highest BCUT2D eigenvalue weighted by molar-refractivity contribution is 7.10. The Morgan fingerprint density at radius 3 is 3.05 bits per heavy atom. The molecule has 1 aliphatic heterocycles. The lowest BCUT2D eigenvalue weighted by Crippen LogP contribution is -2.30. The number of carbonyl (C=O) groups excluding carboxylic acids is 1. The van der Waals surface area contributed by atoms with E-state index < -0.39 is 0 Å². The van der Waals surface area contributed by atoms with Gasteiger partial charge in [-0.05, 0) is 31.4 Å². The molecule has 110 valence electrons. The van der Waals surface area contributed by atoms with E-state index in [9.17, 15) is 4.79 Å². The largest absolute Gasteiger partial charge is 0.374 e. The third kappa shape index (κ3) is 2.90. The van der Waals surface area contributed by atoms with E-state index in [4.69, 9.17) is 0 Å². The number of hydrogen-bond donors (Lipinski definition) is 1. The molecule has 0 fully saturated rings. The minimum atomic E-state index is 0.162. The van der Waals surface area contributed by atoms with Gasteiger partial charge < -0.3 is 10.2 Å². The number of fused-ring (bicyclic) bond motifs is 1. The van der Waals surface area contributed by atoms with Crippen molar-refractivity contribution < 1.29 is 4.79 Å². The lowest BCUT2D eigenvalue weighted by molar-refractivity contribution is -0.118. The van der Waals surface area contributed by atoms with Gasteiger partial charge in [-0.25, -0.2) is 0 Å². The van der Waals surface area contributed by atoms with Crippen LogP contribution in [0.1, 0.15) is 31.0 Å². The van der Waals surface area contributed by atoms with Gasteiger partial charge in [0.2, 0.25) is 5.91 Å². The summed E-state index contributed by atoms with van der Waals surface area (Å²) in [6, 6.07) is 8.13. The normalized spacial score (nSPS) is 14.7. The Labute approximate surface area is 128 Å². The Hall–Kier alpha value is -1.95. The second-order valence-electron chi connectivity index (χ2n) is 5.04. The van der Waals surface area contributed by atoms with Gasteiger partial charge in [-0.1, -0.05) is 22.7 Å². The van der Waals surface area contributed by atoms with Crippen molar-refractivity contribution in [1.29, 1.82) is 0 Å². The fourth-order valence-electron chi connectivity index (χ4n) is 2.61. The first-order valence-electron chi connectivity index (χ1n) is 7.23. The molecule has 0 saturated carbocycles. The first-order valence-corrected chi connectivity index (χ1v) is 8.00. The van der Waals surface area contributed by atoms with E-state index >= 15 is 0 Å². The molecule has 1 aromatic carbocycles. The zero-order chi connectivity index (χ0) is 14.7. The maximum absolute atomic E-state index is 12.4. The minimum Gasteiger partial charge on any atom is -0.374 e. The number of aryl methyl sites for hydroxylation is 1. The summed E-state index contributed by atoms with van der Waals surface area (Å²) in [5, 5.41) is 8.39. The number of aromatic nitrogens is 2. The summed E-state index contributed by atoms with van der Waals surface area (Å²) < 4.78 is 4.00. The Balaban J connectivity index is 1.92. The fraction of sp³-hybridized carbons (Fsp3) is 0.400. The molecule has 0 spiro atoms. The molecule has 1 aliphatic rings. The van der Waals surface area contributed by atoms with Gasteiger partial charge in [0.05, 0.1) is 6.54 Å². The molecule has 0 atom stereocenters. The summed E-state index contributed by atoms with van der Waals surface area (Å²) in [7, 11) is 0. The average molecular weight is 302 g/mol. The van der Waals surface area contributed by atoms with Crippen LogP contribution in [-0.4, -0.2) is 22.0 Å². The number of nitrogens with zero attached hydrogens (tertiary/aromatic N) is 3. The standard InChI is InChI=1S/C15H18N4OS/c1-2-16-15-12(17-18-21-15)10-19-13-8-4-3-6-11(13)7-5-9-14(19)20/h3-4,6,8,16H,2,5,7,9-10H2,1H3. The molecule has 0 radical (unpaired) electrons. The predicted octanol–water partition coefficient (Wildman–Crippen LogP) is 2.84. The summed E-state index contributed by atoms with van der Waals surface area (Å²) >= 11 is 1.34. The first kappa shape index (κ1) is 14.0. The Kier molecular flexibility index (Phi) is 4.15. The second kappa shape index (κ2) is 6.22. The molecule has 3 rings (SSSR count). The van der Waals surface area contributed by atoms with E-state index in [0.29, 0.717) is 13.0 Å². The molecule has 0 saturated heterocycles. The highest BCUT2D eigenvalue weighted by atomic mass is 32.1. The van der Waals surface area contributed by atoms with Crippen molar-refractivity contribution in [2.75, 3.05) is 16.8 Å². The lowest BCUT2D eigenvalue weighted by atomic mass is 10.1. The van der Waals surface area contributed by atoms with Crippen LogP contribution in [0.3, 0.4) is 0 Å². The van der Waals surface area contributed by atoms with Crippen LogP contribution < -0.4 is 10.2 Å². The second-order valence-corrected chi connectivity index (χ2v) is 5.80. The molecular formula is C15H18N4OS. The van der Waals surface area contributed by atoms with Crippen LogP contribution in [-0.2, 0) is 17.8 Å². The van der Waals surface area contributed by atoms with E-state index in [-0.39, 0.29) is 5.91 Å². The minimum absolute atomic E-state index is 0.162. The van der Waals surface area contributed by atoms with E-state index in [1.165, 1.54) is 17.1 Å².